The summed E-state index contributed by atoms with van der Waals surface area (Å²) >= 11 is 0. The Morgan fingerprint density at radius 1 is 1.13 bits per heavy atom. The second-order valence-corrected chi connectivity index (χ2v) is 6.55. The quantitative estimate of drug-likeness (QED) is 0.846. The van der Waals surface area contributed by atoms with Gasteiger partial charge >= 0.3 is 0 Å². The third kappa shape index (κ3) is 5.08. The van der Waals surface area contributed by atoms with Gasteiger partial charge < -0.3 is 10.6 Å². The van der Waals surface area contributed by atoms with Gasteiger partial charge in [0.2, 0.25) is 5.91 Å². The van der Waals surface area contributed by atoms with Crippen LogP contribution in [-0.2, 0) is 4.79 Å². The fraction of sp³-hybridized carbons (Fsp3) is 0.579. The van der Waals surface area contributed by atoms with E-state index in [2.05, 4.69) is 10.6 Å². The highest BCUT2D eigenvalue weighted by Gasteiger charge is 2.28. The highest BCUT2D eigenvalue weighted by atomic mass is 16.2. The zero-order valence-electron chi connectivity index (χ0n) is 14.2. The smallest absolute Gasteiger partial charge is 0.251 e. The van der Waals surface area contributed by atoms with Crippen molar-refractivity contribution in [3.8, 4) is 0 Å². The van der Waals surface area contributed by atoms with Gasteiger partial charge in [-0.15, -0.1) is 0 Å². The molecule has 4 nitrogen and oxygen atoms in total. The van der Waals surface area contributed by atoms with Crippen molar-refractivity contribution in [3.05, 3.63) is 35.9 Å². The molecule has 0 radical (unpaired) electrons. The molecule has 0 bridgehead atoms. The first-order chi connectivity index (χ1) is 11.1. The molecule has 0 saturated heterocycles. The van der Waals surface area contributed by atoms with Crippen LogP contribution in [0.4, 0.5) is 0 Å². The Hall–Kier alpha value is -1.84. The van der Waals surface area contributed by atoms with Gasteiger partial charge in [-0.1, -0.05) is 57.7 Å². The van der Waals surface area contributed by atoms with Crippen molar-refractivity contribution >= 4 is 11.8 Å². The van der Waals surface area contributed by atoms with Gasteiger partial charge in [-0.2, -0.15) is 0 Å². The van der Waals surface area contributed by atoms with Gasteiger partial charge in [-0.3, -0.25) is 9.59 Å². The van der Waals surface area contributed by atoms with Crippen LogP contribution in [0.25, 0.3) is 0 Å². The minimum absolute atomic E-state index is 0.0458. The number of benzene rings is 1. The third-order valence-electron chi connectivity index (χ3n) is 4.77. The van der Waals surface area contributed by atoms with Gasteiger partial charge in [0.25, 0.3) is 5.91 Å². The SMILES string of the molecule is CCC(C)C(NC(=O)c1ccccc1)C(=O)NC1CCCCC1. The molecule has 126 valence electrons. The van der Waals surface area contributed by atoms with Crippen molar-refractivity contribution in [1.29, 1.82) is 0 Å². The summed E-state index contributed by atoms with van der Waals surface area (Å²) in [6.07, 6.45) is 6.55. The zero-order chi connectivity index (χ0) is 16.7. The molecule has 2 unspecified atom stereocenters. The summed E-state index contributed by atoms with van der Waals surface area (Å²) in [4.78, 5) is 25.0. The van der Waals surface area contributed by atoms with Crippen LogP contribution in [-0.4, -0.2) is 23.9 Å². The van der Waals surface area contributed by atoms with E-state index in [1.165, 1.54) is 19.3 Å². The van der Waals surface area contributed by atoms with Crippen LogP contribution in [0, 0.1) is 5.92 Å². The van der Waals surface area contributed by atoms with Crippen LogP contribution < -0.4 is 10.6 Å². The molecule has 1 aliphatic carbocycles. The Morgan fingerprint density at radius 2 is 1.78 bits per heavy atom. The van der Waals surface area contributed by atoms with E-state index >= 15 is 0 Å². The van der Waals surface area contributed by atoms with Gasteiger partial charge in [0, 0.05) is 11.6 Å². The highest BCUT2D eigenvalue weighted by molar-refractivity contribution is 5.97. The fourth-order valence-corrected chi connectivity index (χ4v) is 3.05. The van der Waals surface area contributed by atoms with Crippen molar-refractivity contribution in [2.45, 2.75) is 64.5 Å². The Balaban J connectivity index is 2.01. The first-order valence-corrected chi connectivity index (χ1v) is 8.78. The van der Waals surface area contributed by atoms with E-state index in [0.717, 1.165) is 19.3 Å². The Morgan fingerprint density at radius 3 is 2.39 bits per heavy atom. The number of rotatable bonds is 6. The van der Waals surface area contributed by atoms with E-state index in [9.17, 15) is 9.59 Å². The minimum Gasteiger partial charge on any atom is -0.352 e. The number of hydrogen-bond acceptors (Lipinski definition) is 2. The molecule has 1 aliphatic rings. The van der Waals surface area contributed by atoms with Gasteiger partial charge in [0.1, 0.15) is 6.04 Å². The van der Waals surface area contributed by atoms with E-state index in [-0.39, 0.29) is 23.8 Å². The minimum atomic E-state index is -0.477. The largest absolute Gasteiger partial charge is 0.352 e. The van der Waals surface area contributed by atoms with Gasteiger partial charge in [-0.05, 0) is 30.9 Å². The zero-order valence-corrected chi connectivity index (χ0v) is 14.2. The predicted octanol–water partition coefficient (Wildman–Crippen LogP) is 3.28. The average Bonchev–Trinajstić information content (AvgIpc) is 2.60. The van der Waals surface area contributed by atoms with Crippen molar-refractivity contribution < 1.29 is 9.59 Å². The fourth-order valence-electron chi connectivity index (χ4n) is 3.05. The van der Waals surface area contributed by atoms with Crippen molar-refractivity contribution in [1.82, 2.24) is 10.6 Å². The highest BCUT2D eigenvalue weighted by Crippen LogP contribution is 2.18. The molecular formula is C19H28N2O2. The van der Waals surface area contributed by atoms with Gasteiger partial charge in [-0.25, -0.2) is 0 Å². The van der Waals surface area contributed by atoms with Crippen LogP contribution in [0.5, 0.6) is 0 Å². The summed E-state index contributed by atoms with van der Waals surface area (Å²) in [7, 11) is 0. The second-order valence-electron chi connectivity index (χ2n) is 6.55. The molecular weight excluding hydrogens is 288 g/mol. The summed E-state index contributed by atoms with van der Waals surface area (Å²) in [5.74, 6) is -0.128. The monoisotopic (exact) mass is 316 g/mol. The number of amides is 2. The first kappa shape index (κ1) is 17.5. The molecule has 2 rings (SSSR count). The molecule has 1 fully saturated rings. The summed E-state index contributed by atoms with van der Waals surface area (Å²) in [5.41, 5.74) is 0.589. The lowest BCUT2D eigenvalue weighted by molar-refractivity contribution is -0.125. The summed E-state index contributed by atoms with van der Waals surface area (Å²) in [6.45, 7) is 4.05. The molecule has 1 aromatic rings. The predicted molar refractivity (Wildman–Crippen MR) is 92.2 cm³/mol. The topological polar surface area (TPSA) is 58.2 Å². The summed E-state index contributed by atoms with van der Waals surface area (Å²) in [5, 5.41) is 6.06. The van der Waals surface area contributed by atoms with Crippen molar-refractivity contribution in [2.75, 3.05) is 0 Å². The number of carbonyl (C=O) groups excluding carboxylic acids is 2. The van der Waals surface area contributed by atoms with E-state index in [0.29, 0.717) is 5.56 Å². The number of hydrogen-bond donors (Lipinski definition) is 2. The molecule has 1 saturated carbocycles. The standard InChI is InChI=1S/C19H28N2O2/c1-3-14(2)17(19(23)20-16-12-8-5-9-13-16)21-18(22)15-10-6-4-7-11-15/h4,6-7,10-11,14,16-17H,3,5,8-9,12-13H2,1-2H3,(H,20,23)(H,21,22). The molecule has 0 spiro atoms. The molecule has 2 atom stereocenters. The average molecular weight is 316 g/mol. The molecule has 0 aliphatic heterocycles. The first-order valence-electron chi connectivity index (χ1n) is 8.78. The maximum atomic E-state index is 12.7. The van der Waals surface area contributed by atoms with E-state index < -0.39 is 6.04 Å². The van der Waals surface area contributed by atoms with E-state index in [4.69, 9.17) is 0 Å². The van der Waals surface area contributed by atoms with Crippen LogP contribution in [0.2, 0.25) is 0 Å². The molecule has 1 aromatic carbocycles. The Kier molecular flexibility index (Phi) is 6.63. The molecule has 0 heterocycles. The lowest BCUT2D eigenvalue weighted by Crippen LogP contribution is -2.52. The van der Waals surface area contributed by atoms with Crippen LogP contribution in [0.3, 0.4) is 0 Å². The van der Waals surface area contributed by atoms with Gasteiger partial charge in [0.15, 0.2) is 0 Å². The number of carbonyl (C=O) groups is 2. The maximum absolute atomic E-state index is 12.7. The molecule has 0 aromatic heterocycles. The Bertz CT molecular complexity index is 509. The molecule has 2 N–H and O–H groups in total. The van der Waals surface area contributed by atoms with Crippen LogP contribution in [0.15, 0.2) is 30.3 Å². The van der Waals surface area contributed by atoms with Crippen LogP contribution >= 0.6 is 0 Å². The number of nitrogens with one attached hydrogen (secondary N) is 2. The maximum Gasteiger partial charge on any atom is 0.251 e. The normalized spacial score (nSPS) is 18.0. The van der Waals surface area contributed by atoms with E-state index in [1.807, 2.05) is 32.0 Å². The van der Waals surface area contributed by atoms with E-state index in [1.54, 1.807) is 12.1 Å². The van der Waals surface area contributed by atoms with Gasteiger partial charge in [0.05, 0.1) is 0 Å². The summed E-state index contributed by atoms with van der Waals surface area (Å²) < 4.78 is 0. The molecule has 23 heavy (non-hydrogen) atoms. The lowest BCUT2D eigenvalue weighted by Gasteiger charge is -2.28. The lowest BCUT2D eigenvalue weighted by atomic mass is 9.93. The Labute approximate surface area is 139 Å². The second kappa shape index (κ2) is 8.70. The van der Waals surface area contributed by atoms with Crippen LogP contribution in [0.1, 0.15) is 62.7 Å². The van der Waals surface area contributed by atoms with Crippen molar-refractivity contribution in [3.63, 3.8) is 0 Å². The third-order valence-corrected chi connectivity index (χ3v) is 4.77. The summed E-state index contributed by atoms with van der Waals surface area (Å²) in [6, 6.07) is 8.85. The molecule has 2 amide bonds. The van der Waals surface area contributed by atoms with Crippen molar-refractivity contribution in [2.24, 2.45) is 5.92 Å². The molecule has 4 heteroatoms.